The predicted octanol–water partition coefficient (Wildman–Crippen LogP) is 6.97. The Bertz CT molecular complexity index is 1170. The Kier molecular flexibility index (Phi) is 5.64. The largest absolute Gasteiger partial charge is 0.457 e. The van der Waals surface area contributed by atoms with Crippen molar-refractivity contribution in [3.8, 4) is 11.3 Å². The molecule has 1 aliphatic heterocycles. The lowest BCUT2D eigenvalue weighted by molar-refractivity contribution is -0.129. The van der Waals surface area contributed by atoms with E-state index in [0.29, 0.717) is 27.1 Å². The maximum atomic E-state index is 12.2. The summed E-state index contributed by atoms with van der Waals surface area (Å²) in [5.41, 5.74) is 1.65. The van der Waals surface area contributed by atoms with Gasteiger partial charge in [0.1, 0.15) is 11.5 Å². The Morgan fingerprint density at radius 1 is 1.00 bits per heavy atom. The Morgan fingerprint density at radius 2 is 1.79 bits per heavy atom. The van der Waals surface area contributed by atoms with Crippen LogP contribution in [0.2, 0.25) is 10.0 Å². The standard InChI is InChI=1S/C20H9BrCl2INO3/c21-13-7-11(2-5-16(13)24)19-25-17(20(26)28-19)9-12-3-6-18(27-12)10-1-4-14(22)15(23)8-10/h1-9H/b17-9-. The van der Waals surface area contributed by atoms with Crippen LogP contribution in [0.3, 0.4) is 0 Å². The molecule has 2 aromatic carbocycles. The van der Waals surface area contributed by atoms with Gasteiger partial charge in [-0.3, -0.25) is 0 Å². The number of rotatable bonds is 3. The Labute approximate surface area is 192 Å². The van der Waals surface area contributed by atoms with Crippen LogP contribution < -0.4 is 0 Å². The lowest BCUT2D eigenvalue weighted by atomic mass is 10.2. The van der Waals surface area contributed by atoms with Gasteiger partial charge in [-0.2, -0.15) is 0 Å². The number of benzene rings is 2. The van der Waals surface area contributed by atoms with Crippen LogP contribution in [0.1, 0.15) is 11.3 Å². The molecule has 0 radical (unpaired) electrons. The van der Waals surface area contributed by atoms with Gasteiger partial charge < -0.3 is 9.15 Å². The zero-order valence-electron chi connectivity index (χ0n) is 13.9. The van der Waals surface area contributed by atoms with Crippen molar-refractivity contribution in [2.24, 2.45) is 4.99 Å². The van der Waals surface area contributed by atoms with Crippen molar-refractivity contribution < 1.29 is 13.9 Å². The minimum atomic E-state index is -0.530. The first kappa shape index (κ1) is 19.7. The van der Waals surface area contributed by atoms with Crippen LogP contribution in [0, 0.1) is 3.57 Å². The van der Waals surface area contributed by atoms with Crippen LogP contribution in [-0.4, -0.2) is 11.9 Å². The molecule has 0 unspecified atom stereocenters. The third-order valence-corrected chi connectivity index (χ3v) is 6.97. The minimum absolute atomic E-state index is 0.166. The second-order valence-electron chi connectivity index (χ2n) is 5.80. The molecule has 0 saturated carbocycles. The molecule has 0 amide bonds. The molecule has 4 nitrogen and oxygen atoms in total. The number of hydrogen-bond donors (Lipinski definition) is 0. The Balaban J connectivity index is 1.62. The van der Waals surface area contributed by atoms with Crippen LogP contribution in [0.4, 0.5) is 0 Å². The van der Waals surface area contributed by atoms with E-state index in [-0.39, 0.29) is 11.6 Å². The monoisotopic (exact) mass is 587 g/mol. The highest BCUT2D eigenvalue weighted by Crippen LogP contribution is 2.30. The summed E-state index contributed by atoms with van der Waals surface area (Å²) >= 11 is 17.7. The van der Waals surface area contributed by atoms with E-state index in [4.69, 9.17) is 32.4 Å². The molecule has 0 saturated heterocycles. The van der Waals surface area contributed by atoms with E-state index in [1.165, 1.54) is 6.08 Å². The lowest BCUT2D eigenvalue weighted by Gasteiger charge is -2.01. The zero-order valence-corrected chi connectivity index (χ0v) is 19.1. The van der Waals surface area contributed by atoms with Gasteiger partial charge in [0.05, 0.1) is 10.0 Å². The molecule has 3 aromatic rings. The van der Waals surface area contributed by atoms with E-state index in [1.807, 2.05) is 18.2 Å². The summed E-state index contributed by atoms with van der Waals surface area (Å²) in [6.45, 7) is 0. The number of carbonyl (C=O) groups excluding carboxylic acids is 1. The second kappa shape index (κ2) is 8.02. The summed E-state index contributed by atoms with van der Waals surface area (Å²) in [5.74, 6) is 0.797. The van der Waals surface area contributed by atoms with Crippen LogP contribution in [0.15, 0.2) is 68.1 Å². The van der Waals surface area contributed by atoms with Crippen molar-refractivity contribution in [3.05, 3.63) is 83.6 Å². The number of halogens is 4. The second-order valence-corrected chi connectivity index (χ2v) is 8.63. The average molecular weight is 589 g/mol. The van der Waals surface area contributed by atoms with Crippen LogP contribution in [-0.2, 0) is 9.53 Å². The number of cyclic esters (lactones) is 1. The van der Waals surface area contributed by atoms with Gasteiger partial charge in [-0.1, -0.05) is 23.2 Å². The summed E-state index contributed by atoms with van der Waals surface area (Å²) in [4.78, 5) is 16.5. The molecule has 0 N–H and O–H groups in total. The normalized spacial score (nSPS) is 15.1. The molecule has 1 aromatic heterocycles. The molecule has 8 heteroatoms. The topological polar surface area (TPSA) is 51.8 Å². The van der Waals surface area contributed by atoms with Gasteiger partial charge in [-0.15, -0.1) is 0 Å². The molecule has 0 fully saturated rings. The number of hydrogen-bond acceptors (Lipinski definition) is 4. The Hall–Kier alpha value is -1.61. The van der Waals surface area contributed by atoms with Crippen molar-refractivity contribution in [1.29, 1.82) is 0 Å². The van der Waals surface area contributed by atoms with Gasteiger partial charge in [0, 0.05) is 25.2 Å². The zero-order chi connectivity index (χ0) is 19.8. The Morgan fingerprint density at radius 3 is 2.54 bits per heavy atom. The van der Waals surface area contributed by atoms with Crippen molar-refractivity contribution in [1.82, 2.24) is 0 Å². The summed E-state index contributed by atoms with van der Waals surface area (Å²) < 4.78 is 13.0. The van der Waals surface area contributed by atoms with Crippen molar-refractivity contribution in [2.75, 3.05) is 0 Å². The van der Waals surface area contributed by atoms with E-state index in [2.05, 4.69) is 43.5 Å². The van der Waals surface area contributed by atoms with Crippen LogP contribution in [0.5, 0.6) is 0 Å². The van der Waals surface area contributed by atoms with E-state index >= 15 is 0 Å². The first-order valence-corrected chi connectivity index (χ1v) is 10.6. The smallest absolute Gasteiger partial charge is 0.363 e. The number of esters is 1. The van der Waals surface area contributed by atoms with Gasteiger partial charge in [0.2, 0.25) is 5.90 Å². The van der Waals surface area contributed by atoms with E-state index in [0.717, 1.165) is 13.6 Å². The van der Waals surface area contributed by atoms with Gasteiger partial charge in [0.25, 0.3) is 0 Å². The van der Waals surface area contributed by atoms with Crippen LogP contribution in [0.25, 0.3) is 17.4 Å². The van der Waals surface area contributed by atoms with E-state index in [9.17, 15) is 4.79 Å². The highest BCUT2D eigenvalue weighted by atomic mass is 127. The third kappa shape index (κ3) is 4.05. The van der Waals surface area contributed by atoms with Crippen LogP contribution >= 0.6 is 61.7 Å². The quantitative estimate of drug-likeness (QED) is 0.189. The fraction of sp³-hybridized carbons (Fsp3) is 0. The molecular formula is C20H9BrCl2INO3. The number of ether oxygens (including phenoxy) is 1. The summed E-state index contributed by atoms with van der Waals surface area (Å²) in [6.07, 6.45) is 1.54. The van der Waals surface area contributed by atoms with Gasteiger partial charge >= 0.3 is 5.97 Å². The minimum Gasteiger partial charge on any atom is -0.457 e. The number of aliphatic imine (C=N–C) groups is 1. The maximum absolute atomic E-state index is 12.2. The molecule has 0 aliphatic carbocycles. The lowest BCUT2D eigenvalue weighted by Crippen LogP contribution is -2.05. The van der Waals surface area contributed by atoms with Crippen molar-refractivity contribution >= 4 is 79.7 Å². The number of furan rings is 1. The molecule has 2 heterocycles. The molecule has 0 atom stereocenters. The first-order valence-electron chi connectivity index (χ1n) is 7.94. The van der Waals surface area contributed by atoms with E-state index < -0.39 is 5.97 Å². The molecule has 28 heavy (non-hydrogen) atoms. The average Bonchev–Trinajstić information content (AvgIpc) is 3.27. The number of carbonyl (C=O) groups is 1. The van der Waals surface area contributed by atoms with E-state index in [1.54, 1.807) is 30.3 Å². The van der Waals surface area contributed by atoms with Gasteiger partial charge in [-0.05, 0) is 87.1 Å². The highest BCUT2D eigenvalue weighted by molar-refractivity contribution is 14.1. The molecular weight excluding hydrogens is 580 g/mol. The number of nitrogens with zero attached hydrogens (tertiary/aromatic N) is 1. The summed E-state index contributed by atoms with van der Waals surface area (Å²) in [5, 5.41) is 0.907. The molecule has 0 bridgehead atoms. The maximum Gasteiger partial charge on any atom is 0.363 e. The SMILES string of the molecule is O=C1OC(c2ccc(I)c(Br)c2)=N/C1=C\c1ccc(-c2ccc(Cl)c(Cl)c2)o1. The summed E-state index contributed by atoms with van der Waals surface area (Å²) in [6, 6.07) is 14.4. The van der Waals surface area contributed by atoms with Crippen molar-refractivity contribution in [2.45, 2.75) is 0 Å². The fourth-order valence-electron chi connectivity index (χ4n) is 2.53. The fourth-order valence-corrected chi connectivity index (χ4v) is 3.54. The first-order chi connectivity index (χ1) is 13.4. The third-order valence-electron chi connectivity index (χ3n) is 3.90. The van der Waals surface area contributed by atoms with Gasteiger partial charge in [-0.25, -0.2) is 9.79 Å². The molecule has 140 valence electrons. The predicted molar refractivity (Wildman–Crippen MR) is 122 cm³/mol. The molecule has 1 aliphatic rings. The van der Waals surface area contributed by atoms with Crippen molar-refractivity contribution in [3.63, 3.8) is 0 Å². The highest BCUT2D eigenvalue weighted by Gasteiger charge is 2.25. The van der Waals surface area contributed by atoms with Gasteiger partial charge in [0.15, 0.2) is 5.70 Å². The molecule has 4 rings (SSSR count). The summed E-state index contributed by atoms with van der Waals surface area (Å²) in [7, 11) is 0. The molecule has 0 spiro atoms.